The first-order valence-corrected chi connectivity index (χ1v) is 7.37. The Morgan fingerprint density at radius 1 is 1.43 bits per heavy atom. The van der Waals surface area contributed by atoms with Gasteiger partial charge in [-0.05, 0) is 5.57 Å². The van der Waals surface area contributed by atoms with Gasteiger partial charge in [0.15, 0.2) is 11.6 Å². The lowest BCUT2D eigenvalue weighted by molar-refractivity contribution is 0.0413. The van der Waals surface area contributed by atoms with Crippen LogP contribution in [-0.4, -0.2) is 54.3 Å². The number of hydrogen-bond acceptors (Lipinski definition) is 6. The molecule has 0 radical (unpaired) electrons. The van der Waals surface area contributed by atoms with Crippen LogP contribution in [0.5, 0.6) is 6.01 Å². The highest BCUT2D eigenvalue weighted by atomic mass is 19.1. The number of aromatic nitrogens is 2. The topological polar surface area (TPSA) is 73.5 Å². The lowest BCUT2D eigenvalue weighted by atomic mass is 10.2. The van der Waals surface area contributed by atoms with E-state index in [0.717, 1.165) is 44.6 Å². The summed E-state index contributed by atoms with van der Waals surface area (Å²) in [6.45, 7) is 7.90. The summed E-state index contributed by atoms with van der Waals surface area (Å²) in [5, 5.41) is 0. The molecule has 6 nitrogen and oxygen atoms in total. The van der Waals surface area contributed by atoms with Gasteiger partial charge in [-0.3, -0.25) is 4.90 Å². The van der Waals surface area contributed by atoms with E-state index in [0.29, 0.717) is 6.61 Å². The van der Waals surface area contributed by atoms with Crippen LogP contribution in [0, 0.1) is 5.82 Å². The normalized spacial score (nSPS) is 16.7. The second-order valence-electron chi connectivity index (χ2n) is 5.01. The molecule has 0 unspecified atom stereocenters. The number of anilines is 1. The van der Waals surface area contributed by atoms with Crippen molar-refractivity contribution in [3.8, 4) is 6.01 Å². The SMILES string of the molecule is C=C/C=C\C=C(\COc1ncc(F)c(N)n1)CN1CCOCC1. The third-order valence-electron chi connectivity index (χ3n) is 3.25. The number of ether oxygens (including phenoxy) is 2. The maximum absolute atomic E-state index is 13.1. The first-order valence-electron chi connectivity index (χ1n) is 7.37. The van der Waals surface area contributed by atoms with Gasteiger partial charge < -0.3 is 15.2 Å². The highest BCUT2D eigenvalue weighted by Crippen LogP contribution is 2.11. The molecule has 1 aliphatic rings. The predicted molar refractivity (Wildman–Crippen MR) is 86.6 cm³/mol. The van der Waals surface area contributed by atoms with E-state index in [1.807, 2.05) is 18.2 Å². The van der Waals surface area contributed by atoms with Gasteiger partial charge in [-0.1, -0.05) is 30.9 Å². The quantitative estimate of drug-likeness (QED) is 0.769. The van der Waals surface area contributed by atoms with Gasteiger partial charge in [-0.15, -0.1) is 0 Å². The second kappa shape index (κ2) is 9.02. The minimum Gasteiger partial charge on any atom is -0.459 e. The van der Waals surface area contributed by atoms with Crippen molar-refractivity contribution in [2.24, 2.45) is 0 Å². The Labute approximate surface area is 135 Å². The van der Waals surface area contributed by atoms with E-state index in [-0.39, 0.29) is 11.8 Å². The van der Waals surface area contributed by atoms with E-state index in [1.165, 1.54) is 0 Å². The molecule has 2 heterocycles. The summed E-state index contributed by atoms with van der Waals surface area (Å²) in [4.78, 5) is 9.81. The largest absolute Gasteiger partial charge is 0.459 e. The van der Waals surface area contributed by atoms with E-state index >= 15 is 0 Å². The van der Waals surface area contributed by atoms with Crippen LogP contribution >= 0.6 is 0 Å². The first-order chi connectivity index (χ1) is 11.2. The van der Waals surface area contributed by atoms with Gasteiger partial charge in [-0.25, -0.2) is 9.37 Å². The Kier molecular flexibility index (Phi) is 6.71. The van der Waals surface area contributed by atoms with E-state index in [9.17, 15) is 4.39 Å². The lowest BCUT2D eigenvalue weighted by Crippen LogP contribution is -2.38. The lowest BCUT2D eigenvalue weighted by Gasteiger charge is -2.27. The number of nitrogens with zero attached hydrogens (tertiary/aromatic N) is 3. The monoisotopic (exact) mass is 320 g/mol. The summed E-state index contributed by atoms with van der Waals surface area (Å²) >= 11 is 0. The molecule has 0 aliphatic carbocycles. The average Bonchev–Trinajstić information content (AvgIpc) is 2.56. The number of morpholine rings is 1. The molecule has 0 saturated carbocycles. The van der Waals surface area contributed by atoms with E-state index in [4.69, 9.17) is 15.2 Å². The Morgan fingerprint density at radius 2 is 2.22 bits per heavy atom. The van der Waals surface area contributed by atoms with Crippen LogP contribution in [0.4, 0.5) is 10.2 Å². The Bertz CT molecular complexity index is 583. The third-order valence-corrected chi connectivity index (χ3v) is 3.25. The fourth-order valence-corrected chi connectivity index (χ4v) is 2.05. The van der Waals surface area contributed by atoms with Crippen LogP contribution in [0.3, 0.4) is 0 Å². The van der Waals surface area contributed by atoms with E-state index in [2.05, 4.69) is 21.4 Å². The van der Waals surface area contributed by atoms with Crippen LogP contribution in [0.15, 0.2) is 42.7 Å². The Hall–Kier alpha value is -2.25. The van der Waals surface area contributed by atoms with Crippen molar-refractivity contribution < 1.29 is 13.9 Å². The van der Waals surface area contributed by atoms with Crippen molar-refractivity contribution in [2.75, 3.05) is 45.2 Å². The summed E-state index contributed by atoms with van der Waals surface area (Å²) in [5.74, 6) is -0.879. The first kappa shape index (κ1) is 17.1. The van der Waals surface area contributed by atoms with Gasteiger partial charge in [0.05, 0.1) is 19.4 Å². The van der Waals surface area contributed by atoms with Crippen molar-refractivity contribution >= 4 is 5.82 Å². The fraction of sp³-hybridized carbons (Fsp3) is 0.375. The van der Waals surface area contributed by atoms with Gasteiger partial charge in [0, 0.05) is 19.6 Å². The molecule has 0 atom stereocenters. The van der Waals surface area contributed by atoms with Gasteiger partial charge in [0.1, 0.15) is 6.61 Å². The van der Waals surface area contributed by atoms with Crippen LogP contribution in [0.2, 0.25) is 0 Å². The molecule has 2 N–H and O–H groups in total. The molecule has 1 fully saturated rings. The maximum atomic E-state index is 13.1. The maximum Gasteiger partial charge on any atom is 0.318 e. The summed E-state index contributed by atoms with van der Waals surface area (Å²) in [6.07, 6.45) is 8.40. The molecular formula is C16H21FN4O2. The summed E-state index contributed by atoms with van der Waals surface area (Å²) in [5.41, 5.74) is 6.45. The van der Waals surface area contributed by atoms with Crippen molar-refractivity contribution in [1.82, 2.24) is 14.9 Å². The average molecular weight is 320 g/mol. The summed E-state index contributed by atoms with van der Waals surface area (Å²) in [7, 11) is 0. The summed E-state index contributed by atoms with van der Waals surface area (Å²) < 4.78 is 23.9. The molecule has 1 aliphatic heterocycles. The van der Waals surface area contributed by atoms with Crippen molar-refractivity contribution in [1.29, 1.82) is 0 Å². The zero-order valence-corrected chi connectivity index (χ0v) is 12.9. The number of nitrogen functional groups attached to an aromatic ring is 1. The van der Waals surface area contributed by atoms with Crippen LogP contribution < -0.4 is 10.5 Å². The molecular weight excluding hydrogens is 299 g/mol. The molecule has 1 aromatic rings. The molecule has 124 valence electrons. The number of halogens is 1. The number of nitrogens with two attached hydrogens (primary N) is 1. The molecule has 23 heavy (non-hydrogen) atoms. The van der Waals surface area contributed by atoms with Gasteiger partial charge in [0.25, 0.3) is 0 Å². The second-order valence-corrected chi connectivity index (χ2v) is 5.01. The molecule has 2 rings (SSSR count). The predicted octanol–water partition coefficient (Wildman–Crippen LogP) is 1.58. The molecule has 0 aromatic carbocycles. The highest BCUT2D eigenvalue weighted by Gasteiger charge is 2.13. The Balaban J connectivity index is 1.98. The number of allylic oxidation sites excluding steroid dienone is 4. The molecule has 0 spiro atoms. The van der Waals surface area contributed by atoms with Crippen molar-refractivity contribution in [3.05, 3.63) is 48.5 Å². The zero-order valence-electron chi connectivity index (χ0n) is 12.9. The van der Waals surface area contributed by atoms with Crippen molar-refractivity contribution in [2.45, 2.75) is 0 Å². The van der Waals surface area contributed by atoms with Gasteiger partial charge in [0.2, 0.25) is 0 Å². The zero-order chi connectivity index (χ0) is 16.5. The van der Waals surface area contributed by atoms with E-state index in [1.54, 1.807) is 6.08 Å². The van der Waals surface area contributed by atoms with Gasteiger partial charge in [-0.2, -0.15) is 4.98 Å². The highest BCUT2D eigenvalue weighted by molar-refractivity contribution is 5.29. The van der Waals surface area contributed by atoms with Crippen LogP contribution in [-0.2, 0) is 4.74 Å². The minimum absolute atomic E-state index is 0.0597. The van der Waals surface area contributed by atoms with Crippen LogP contribution in [0.25, 0.3) is 0 Å². The molecule has 1 saturated heterocycles. The smallest absolute Gasteiger partial charge is 0.318 e. The van der Waals surface area contributed by atoms with Crippen LogP contribution in [0.1, 0.15) is 0 Å². The molecule has 1 aromatic heterocycles. The fourth-order valence-electron chi connectivity index (χ4n) is 2.05. The summed E-state index contributed by atoms with van der Waals surface area (Å²) in [6, 6.07) is 0.0597. The Morgan fingerprint density at radius 3 is 2.91 bits per heavy atom. The van der Waals surface area contributed by atoms with E-state index < -0.39 is 5.82 Å². The number of rotatable bonds is 7. The molecule has 0 amide bonds. The standard InChI is InChI=1S/C16H21FN4O2/c1-2-3-4-5-13(11-21-6-8-22-9-7-21)12-23-16-19-10-14(17)15(18)20-16/h2-5,10H,1,6-9,11-12H2,(H2,18,19,20)/b4-3-,13-5+. The minimum atomic E-state index is -0.657. The van der Waals surface area contributed by atoms with Crippen molar-refractivity contribution in [3.63, 3.8) is 0 Å². The molecule has 0 bridgehead atoms. The number of hydrogen-bond donors (Lipinski definition) is 1. The van der Waals surface area contributed by atoms with Gasteiger partial charge >= 0.3 is 6.01 Å². The molecule has 7 heteroatoms. The third kappa shape index (κ3) is 5.80.